The number of nitrogens with zero attached hydrogens (tertiary/aromatic N) is 3. The van der Waals surface area contributed by atoms with Gasteiger partial charge in [0.15, 0.2) is 5.71 Å². The summed E-state index contributed by atoms with van der Waals surface area (Å²) in [5.74, 6) is 0. The number of aliphatic imine (C=N–C) groups is 1. The van der Waals surface area contributed by atoms with Crippen molar-refractivity contribution in [3.63, 3.8) is 0 Å². The number of rotatable bonds is 3. The monoisotopic (exact) mass is 473 g/mol. The van der Waals surface area contributed by atoms with Gasteiger partial charge in [0.1, 0.15) is 0 Å². The molecule has 0 fully saturated rings. The van der Waals surface area contributed by atoms with Gasteiger partial charge in [-0.2, -0.15) is 5.41 Å². The van der Waals surface area contributed by atoms with Crippen molar-refractivity contribution in [1.82, 2.24) is 4.90 Å². The van der Waals surface area contributed by atoms with Crippen LogP contribution in [0.5, 0.6) is 0 Å². The molecule has 29 heavy (non-hydrogen) atoms. The summed E-state index contributed by atoms with van der Waals surface area (Å²) >= 11 is 0. The molecule has 2 rings (SSSR count). The van der Waals surface area contributed by atoms with Gasteiger partial charge in [-0.25, -0.2) is 0 Å². The summed E-state index contributed by atoms with van der Waals surface area (Å²) in [7, 11) is 0. The van der Waals surface area contributed by atoms with Gasteiger partial charge in [-0.05, 0) is 26.2 Å². The SMILES string of the molecule is CC(C)(C)[CH-]C(N(C1=C[N+]2=C(C(C)(C)C)C=CC2N=[C-]1)C(C)(C)C)C(C)(C)C.[Y]. The van der Waals surface area contributed by atoms with Crippen LogP contribution < -0.4 is 0 Å². The van der Waals surface area contributed by atoms with Crippen LogP contribution in [0.3, 0.4) is 0 Å². The van der Waals surface area contributed by atoms with Gasteiger partial charge in [-0.3, -0.25) is 4.58 Å². The molecule has 2 atom stereocenters. The van der Waals surface area contributed by atoms with Crippen LogP contribution in [-0.4, -0.2) is 39.1 Å². The zero-order chi connectivity index (χ0) is 21.7. The van der Waals surface area contributed by atoms with Crippen LogP contribution in [0.4, 0.5) is 0 Å². The Balaban J connectivity index is 0.00000420. The van der Waals surface area contributed by atoms with Crippen molar-refractivity contribution < 1.29 is 37.3 Å². The fraction of sp³-hybridized carbons (Fsp3) is 0.720. The summed E-state index contributed by atoms with van der Waals surface area (Å²) < 4.78 is 2.32. The van der Waals surface area contributed by atoms with E-state index in [2.05, 4.69) is 124 Å². The van der Waals surface area contributed by atoms with Gasteiger partial charge in [0.25, 0.3) is 0 Å². The van der Waals surface area contributed by atoms with Crippen molar-refractivity contribution in [2.24, 2.45) is 21.2 Å². The second-order valence-corrected chi connectivity index (χ2v) is 12.5. The van der Waals surface area contributed by atoms with Crippen LogP contribution in [0.1, 0.15) is 83.1 Å². The molecule has 0 amide bonds. The number of allylic oxidation sites excluding steroid dienone is 2. The van der Waals surface area contributed by atoms with E-state index in [-0.39, 0.29) is 66.7 Å². The number of hydrogen-bond donors (Lipinski definition) is 0. The summed E-state index contributed by atoms with van der Waals surface area (Å²) in [4.78, 5) is 7.29. The van der Waals surface area contributed by atoms with E-state index in [1.54, 1.807) is 0 Å². The normalized spacial score (nSPS) is 21.0. The maximum atomic E-state index is 4.78. The van der Waals surface area contributed by atoms with Gasteiger partial charge >= 0.3 is 0 Å². The predicted molar refractivity (Wildman–Crippen MR) is 122 cm³/mol. The minimum Gasteiger partial charge on any atom is -0.419 e. The molecule has 2 unspecified atom stereocenters. The predicted octanol–water partition coefficient (Wildman–Crippen LogP) is 5.95. The molecule has 1 radical (unpaired) electrons. The Kier molecular flexibility index (Phi) is 8.02. The van der Waals surface area contributed by atoms with Gasteiger partial charge in [0.05, 0.1) is 6.20 Å². The molecule has 0 bridgehead atoms. The molecule has 0 spiro atoms. The van der Waals surface area contributed by atoms with E-state index in [1.807, 2.05) is 0 Å². The summed E-state index contributed by atoms with van der Waals surface area (Å²) in [6, 6.07) is 0.256. The van der Waals surface area contributed by atoms with Crippen molar-refractivity contribution >= 4 is 11.9 Å². The standard InChI is InChI=1S/C25H42N3.Y/c1-22(2,3)15-20(24(7,8)9)28(25(10,11)12)18-16-26-21-14-13-19(23(4,5)6)27(21)17-18;/h13-15,17,20-21H,1-12H3;/q-1;. The molecule has 4 heteroatoms. The van der Waals surface area contributed by atoms with Crippen LogP contribution in [0.25, 0.3) is 0 Å². The van der Waals surface area contributed by atoms with Crippen molar-refractivity contribution in [1.29, 1.82) is 0 Å². The van der Waals surface area contributed by atoms with Crippen molar-refractivity contribution in [3.8, 4) is 0 Å². The maximum absolute atomic E-state index is 4.78. The van der Waals surface area contributed by atoms with Crippen molar-refractivity contribution in [3.05, 3.63) is 30.5 Å². The average Bonchev–Trinajstić information content (AvgIpc) is 2.85. The Morgan fingerprint density at radius 1 is 1.00 bits per heavy atom. The Hall–Kier alpha value is -0.276. The summed E-state index contributed by atoms with van der Waals surface area (Å²) in [6.07, 6.45) is 12.6. The molecule has 2 aliphatic rings. The van der Waals surface area contributed by atoms with Crippen LogP contribution in [0.2, 0.25) is 0 Å². The fourth-order valence-corrected chi connectivity index (χ4v) is 3.91. The number of fused-ring (bicyclic) bond motifs is 1. The molecule has 0 N–H and O–H groups in total. The molecule has 3 nitrogen and oxygen atoms in total. The molecule has 0 saturated carbocycles. The molecule has 161 valence electrons. The molecule has 0 aliphatic carbocycles. The van der Waals surface area contributed by atoms with E-state index in [0.717, 1.165) is 5.70 Å². The van der Waals surface area contributed by atoms with Gasteiger partial charge in [0.2, 0.25) is 6.17 Å². The van der Waals surface area contributed by atoms with Crippen LogP contribution in [0, 0.1) is 22.7 Å². The molecule has 0 aromatic rings. The maximum Gasteiger partial charge on any atom is 0.238 e. The molecule has 0 saturated heterocycles. The van der Waals surface area contributed by atoms with Crippen LogP contribution in [0.15, 0.2) is 29.0 Å². The van der Waals surface area contributed by atoms with Crippen molar-refractivity contribution in [2.75, 3.05) is 0 Å². The largest absolute Gasteiger partial charge is 0.419 e. The smallest absolute Gasteiger partial charge is 0.238 e. The Bertz CT molecular complexity index is 713. The van der Waals surface area contributed by atoms with E-state index in [1.165, 1.54) is 5.71 Å². The molecule has 2 aliphatic heterocycles. The minimum atomic E-state index is -0.0596. The Labute approximate surface area is 205 Å². The second kappa shape index (κ2) is 8.69. The third-order valence-corrected chi connectivity index (χ3v) is 5.14. The molecule has 0 aromatic carbocycles. The first-order chi connectivity index (χ1) is 12.4. The van der Waals surface area contributed by atoms with E-state index >= 15 is 0 Å². The first-order valence-electron chi connectivity index (χ1n) is 10.6. The molecular weight excluding hydrogens is 431 g/mol. The van der Waals surface area contributed by atoms with E-state index < -0.39 is 0 Å². The summed E-state index contributed by atoms with van der Waals surface area (Å²) in [6.45, 7) is 27.5. The van der Waals surface area contributed by atoms with Gasteiger partial charge in [-0.1, -0.05) is 74.1 Å². The van der Waals surface area contributed by atoms with Gasteiger partial charge in [0, 0.05) is 55.8 Å². The van der Waals surface area contributed by atoms with Gasteiger partial charge in [-0.15, -0.1) is 6.21 Å². The summed E-state index contributed by atoms with van der Waals surface area (Å²) in [5.41, 5.74) is 2.59. The third-order valence-electron chi connectivity index (χ3n) is 5.14. The Morgan fingerprint density at radius 3 is 1.97 bits per heavy atom. The quantitative estimate of drug-likeness (QED) is 0.366. The second-order valence-electron chi connectivity index (χ2n) is 12.5. The zero-order valence-electron chi connectivity index (χ0n) is 20.9. The average molecular weight is 474 g/mol. The molecule has 2 heterocycles. The fourth-order valence-electron chi connectivity index (χ4n) is 3.91. The zero-order valence-corrected chi connectivity index (χ0v) is 23.7. The van der Waals surface area contributed by atoms with Crippen molar-refractivity contribution in [2.45, 2.75) is 101 Å². The van der Waals surface area contributed by atoms with Crippen LogP contribution in [-0.2, 0) is 32.7 Å². The van der Waals surface area contributed by atoms with E-state index in [0.29, 0.717) is 0 Å². The third kappa shape index (κ3) is 6.60. The topological polar surface area (TPSA) is 18.6 Å². The molecule has 0 aromatic heterocycles. The van der Waals surface area contributed by atoms with E-state index in [4.69, 9.17) is 4.99 Å². The van der Waals surface area contributed by atoms with Gasteiger partial charge < -0.3 is 16.3 Å². The molecular formula is C25H42N3Y-. The first kappa shape index (κ1) is 26.8. The van der Waals surface area contributed by atoms with E-state index in [9.17, 15) is 0 Å². The Morgan fingerprint density at radius 2 is 1.55 bits per heavy atom. The number of hydrogen-bond acceptors (Lipinski definition) is 2. The minimum absolute atomic E-state index is 0. The summed E-state index contributed by atoms with van der Waals surface area (Å²) in [5, 5.41) is 0. The first-order valence-corrected chi connectivity index (χ1v) is 10.6. The van der Waals surface area contributed by atoms with Crippen LogP contribution >= 0.6 is 0 Å².